The molecule has 32 heteroatoms. The Bertz CT molecular complexity index is 4950. The molecule has 0 fully saturated rings. The van der Waals surface area contributed by atoms with Gasteiger partial charge in [0.15, 0.2) is 0 Å². The van der Waals surface area contributed by atoms with Crippen molar-refractivity contribution in [1.82, 2.24) is 40.9 Å². The van der Waals surface area contributed by atoms with Crippen LogP contribution in [0.5, 0.6) is 23.0 Å². The third-order valence-electron chi connectivity index (χ3n) is 15.9. The molecule has 0 bridgehead atoms. The molecule has 13 N–H and O–H groups in total. The normalized spacial score (nSPS) is 12.3. The summed E-state index contributed by atoms with van der Waals surface area (Å²) in [7, 11) is 0. The van der Waals surface area contributed by atoms with E-state index in [0.717, 1.165) is 46.7 Å². The SMILES string of the molecule is CC(C)(C)OC(=O)NC(CO)Cc1ccccn1.CC(C)(C)OC(=O)NC(Cc1ccccn1)C(=O)O.NC(CO)Cc1ccccn1.NC(Cc1ccccn1)C(=O)O.O=C(NC(CO)Cc1ccccn1)c1ccc2c(Oc3ccc(C(F)(F)F)cc3)cccc2c1.O=C(O)c1ccc2c(Oc3ccc(C(F)(F)F)cc3)cccc2c1. The highest BCUT2D eigenvalue weighted by Gasteiger charge is 2.32. The summed E-state index contributed by atoms with van der Waals surface area (Å²) < 4.78 is 97.6. The van der Waals surface area contributed by atoms with Crippen molar-refractivity contribution in [2.24, 2.45) is 11.5 Å². The lowest BCUT2D eigenvalue weighted by Gasteiger charge is -2.22. The zero-order chi connectivity index (χ0) is 86.6. The van der Waals surface area contributed by atoms with Gasteiger partial charge in [0, 0.05) is 114 Å². The molecule has 0 radical (unpaired) electrons. The van der Waals surface area contributed by atoms with E-state index in [2.05, 4.69) is 40.9 Å². The minimum absolute atomic E-state index is 0.0105. The smallest absolute Gasteiger partial charge is 0.416 e. The number of halogens is 6. The van der Waals surface area contributed by atoms with Crippen LogP contribution in [0, 0.1) is 0 Å². The molecule has 5 atom stereocenters. The summed E-state index contributed by atoms with van der Waals surface area (Å²) >= 11 is 0. The highest BCUT2D eigenvalue weighted by atomic mass is 19.4. The Balaban J connectivity index is 0.000000229. The van der Waals surface area contributed by atoms with Crippen LogP contribution in [0.1, 0.15) is 102 Å². The Hall–Kier alpha value is -13.0. The predicted molar refractivity (Wildman–Crippen MR) is 428 cm³/mol. The number of nitrogens with two attached hydrogens (primary N) is 2. The van der Waals surface area contributed by atoms with Gasteiger partial charge in [-0.3, -0.25) is 34.5 Å². The van der Waals surface area contributed by atoms with Crippen LogP contribution in [0.3, 0.4) is 0 Å². The highest BCUT2D eigenvalue weighted by molar-refractivity contribution is 6.00. The molecule has 0 aliphatic heterocycles. The number of hydrogen-bond donors (Lipinski definition) is 11. The number of ether oxygens (including phenoxy) is 4. The molecule has 3 amide bonds. The Kier molecular flexibility index (Phi) is 36.5. The quantitative estimate of drug-likeness (QED) is 0.0250. The van der Waals surface area contributed by atoms with Crippen molar-refractivity contribution in [1.29, 1.82) is 0 Å². The van der Waals surface area contributed by atoms with E-state index in [1.807, 2.05) is 54.6 Å². The number of amides is 3. The lowest BCUT2D eigenvalue weighted by Crippen LogP contribution is -2.44. The van der Waals surface area contributed by atoms with Crippen LogP contribution in [-0.4, -0.2) is 153 Å². The molecule has 0 aliphatic carbocycles. The number of carbonyl (C=O) groups excluding carboxylic acids is 3. The lowest BCUT2D eigenvalue weighted by atomic mass is 10.0. The average molecular weight is 1640 g/mol. The summed E-state index contributed by atoms with van der Waals surface area (Å²) in [5.74, 6) is -2.09. The third-order valence-corrected chi connectivity index (χ3v) is 15.9. The van der Waals surface area contributed by atoms with Gasteiger partial charge < -0.3 is 77.0 Å². The largest absolute Gasteiger partial charge is 0.480 e. The molecular formula is C86H92F6N10O16. The number of aliphatic hydroxyl groups excluding tert-OH is 3. The van der Waals surface area contributed by atoms with Gasteiger partial charge in [0.25, 0.3) is 5.91 Å². The number of carboxylic acids is 3. The Morgan fingerprint density at radius 1 is 0.398 bits per heavy atom. The number of aliphatic hydroxyl groups is 3. The van der Waals surface area contributed by atoms with E-state index >= 15 is 0 Å². The van der Waals surface area contributed by atoms with Crippen molar-refractivity contribution in [2.45, 2.75) is 127 Å². The van der Waals surface area contributed by atoms with Crippen molar-refractivity contribution in [2.75, 3.05) is 19.8 Å². The maximum atomic E-state index is 12.8. The summed E-state index contributed by atoms with van der Waals surface area (Å²) in [5, 5.41) is 64.7. The molecule has 5 unspecified atom stereocenters. The fourth-order valence-corrected chi connectivity index (χ4v) is 10.3. The average Bonchev–Trinajstić information content (AvgIpc) is 0.790. The van der Waals surface area contributed by atoms with E-state index in [1.54, 1.807) is 170 Å². The molecule has 11 rings (SSSR count). The van der Waals surface area contributed by atoms with Crippen LogP contribution in [0.15, 0.2) is 243 Å². The maximum absolute atomic E-state index is 12.8. The number of alkyl halides is 6. The summed E-state index contributed by atoms with van der Waals surface area (Å²) in [6.45, 7) is 10.1. The number of nitrogens with zero attached hydrogens (tertiary/aromatic N) is 5. The van der Waals surface area contributed by atoms with E-state index in [9.17, 15) is 65.3 Å². The number of hydrogen-bond acceptors (Lipinski definition) is 20. The van der Waals surface area contributed by atoms with Gasteiger partial charge in [0.1, 0.15) is 46.3 Å². The minimum atomic E-state index is -4.42. The van der Waals surface area contributed by atoms with Crippen molar-refractivity contribution < 1.29 is 105 Å². The monoisotopic (exact) mass is 1630 g/mol. The second kappa shape index (κ2) is 45.9. The summed E-state index contributed by atoms with van der Waals surface area (Å²) in [5.41, 5.74) is 12.4. The Labute approximate surface area is 675 Å². The Morgan fingerprint density at radius 2 is 0.763 bits per heavy atom. The molecule has 26 nitrogen and oxygen atoms in total. The van der Waals surface area contributed by atoms with Gasteiger partial charge in [-0.25, -0.2) is 19.2 Å². The van der Waals surface area contributed by atoms with Crippen molar-refractivity contribution in [3.63, 3.8) is 0 Å². The first-order chi connectivity index (χ1) is 55.9. The predicted octanol–water partition coefficient (Wildman–Crippen LogP) is 13.8. The van der Waals surface area contributed by atoms with E-state index in [1.165, 1.54) is 36.4 Å². The van der Waals surface area contributed by atoms with Gasteiger partial charge in [-0.2, -0.15) is 26.3 Å². The molecule has 118 heavy (non-hydrogen) atoms. The Morgan fingerprint density at radius 3 is 1.11 bits per heavy atom. The topological polar surface area (TPSA) is 413 Å². The van der Waals surface area contributed by atoms with Crippen LogP contribution in [0.25, 0.3) is 21.5 Å². The number of aliphatic carboxylic acids is 2. The van der Waals surface area contributed by atoms with Gasteiger partial charge in [0.2, 0.25) is 0 Å². The first-order valence-electron chi connectivity index (χ1n) is 36.5. The number of carbonyl (C=O) groups is 6. The second-order valence-corrected chi connectivity index (χ2v) is 27.9. The van der Waals surface area contributed by atoms with E-state index in [-0.39, 0.29) is 61.7 Å². The van der Waals surface area contributed by atoms with Crippen molar-refractivity contribution >= 4 is 57.5 Å². The zero-order valence-corrected chi connectivity index (χ0v) is 65.1. The van der Waals surface area contributed by atoms with Gasteiger partial charge in [-0.1, -0.05) is 54.6 Å². The van der Waals surface area contributed by atoms with Gasteiger partial charge in [-0.15, -0.1) is 0 Å². The minimum Gasteiger partial charge on any atom is -0.480 e. The molecule has 0 spiro atoms. The van der Waals surface area contributed by atoms with E-state index in [4.69, 9.17) is 50.8 Å². The highest BCUT2D eigenvalue weighted by Crippen LogP contribution is 2.36. The number of aromatic carboxylic acids is 1. The van der Waals surface area contributed by atoms with E-state index in [0.29, 0.717) is 63.9 Å². The molecule has 0 saturated carbocycles. The fraction of sp³-hybridized carbons (Fsp3) is 0.267. The summed E-state index contributed by atoms with van der Waals surface area (Å²) in [4.78, 5) is 88.8. The standard InChI is InChI=1S/C26H21F3N2O3.C18H11F3O3.C13H18N2O4.C13H20N2O3.C8H10N2O2.C8H12N2O/c27-26(28,29)19-8-10-22(11-9-19)34-24-6-3-4-17-14-18(7-12-23(17)24)25(33)31-21(16-32)15-20-5-1-2-13-30-20;19-18(20,21)13-5-7-14(8-6-13)24-16-3-1-2-11-10-12(17(22)23)4-9-15(11)16;1-13(2,3)19-12(18)15-10(11(16)17)8-9-6-4-5-7-14-9;1-13(2,3)18-12(17)15-11(9-16)8-10-6-4-5-7-14-10;9-7(8(11)12)5-6-3-1-2-4-10-6;9-7(6-11)5-8-3-1-2-4-10-8/h1-14,21,32H,15-16H2,(H,31,33);1-10H,(H,22,23);4-7,10H,8H2,1-3H3,(H,15,18)(H,16,17);4-7,11,16H,8-9H2,1-3H3,(H,15,17);1-4,7H,5,9H2,(H,11,12);1-4,7,11H,5-6,9H2. The number of benzene rings is 6. The number of alkyl carbamates (subject to hydrolysis) is 2. The van der Waals surface area contributed by atoms with Gasteiger partial charge >= 0.3 is 42.4 Å². The molecule has 5 heterocycles. The second-order valence-electron chi connectivity index (χ2n) is 27.9. The molecule has 0 aliphatic rings. The molecule has 624 valence electrons. The number of fused-ring (bicyclic) bond motifs is 2. The first-order valence-corrected chi connectivity index (χ1v) is 36.5. The van der Waals surface area contributed by atoms with Crippen LogP contribution >= 0.6 is 0 Å². The van der Waals surface area contributed by atoms with Crippen LogP contribution in [0.4, 0.5) is 35.9 Å². The van der Waals surface area contributed by atoms with E-state index < -0.39 is 88.9 Å². The molecule has 0 saturated heterocycles. The molecule has 11 aromatic rings. The third kappa shape index (κ3) is 34.2. The number of pyridine rings is 5. The number of aromatic nitrogens is 5. The van der Waals surface area contributed by atoms with Crippen LogP contribution in [0.2, 0.25) is 0 Å². The summed E-state index contributed by atoms with van der Waals surface area (Å²) in [6, 6.07) is 53.0. The number of carboxylic acid groups (broad SMARTS) is 3. The zero-order valence-electron chi connectivity index (χ0n) is 65.1. The first kappa shape index (κ1) is 93.8. The van der Waals surface area contributed by atoms with Crippen LogP contribution < -0.4 is 36.9 Å². The number of rotatable bonds is 24. The molecule has 6 aromatic carbocycles. The maximum Gasteiger partial charge on any atom is 0.416 e. The van der Waals surface area contributed by atoms with Crippen molar-refractivity contribution in [3.05, 3.63) is 294 Å². The summed E-state index contributed by atoms with van der Waals surface area (Å²) in [6.07, 6.45) is 0.0173. The van der Waals surface area contributed by atoms with Crippen LogP contribution in [-0.2, 0) is 63.5 Å². The van der Waals surface area contributed by atoms with Crippen molar-refractivity contribution in [3.8, 4) is 23.0 Å². The van der Waals surface area contributed by atoms with Gasteiger partial charge in [0.05, 0.1) is 48.6 Å². The molecule has 5 aromatic heterocycles. The number of nitrogens with one attached hydrogen (secondary N) is 3. The lowest BCUT2D eigenvalue weighted by molar-refractivity contribution is -0.140. The van der Waals surface area contributed by atoms with Gasteiger partial charge in [-0.05, 0) is 210 Å². The molecular weight excluding hydrogens is 1540 g/mol. The fourth-order valence-electron chi connectivity index (χ4n) is 10.3.